The summed E-state index contributed by atoms with van der Waals surface area (Å²) in [6.07, 6.45) is 0.581. The Balaban J connectivity index is 2.40. The van der Waals surface area contributed by atoms with Crippen LogP contribution in [0.15, 0.2) is 24.3 Å². The predicted octanol–water partition coefficient (Wildman–Crippen LogP) is 3.19. The molecule has 0 aliphatic carbocycles. The summed E-state index contributed by atoms with van der Waals surface area (Å²) in [4.78, 5) is 2.14. The summed E-state index contributed by atoms with van der Waals surface area (Å²) in [5, 5.41) is 3.26. The number of nitrogens with zero attached hydrogens (tertiary/aromatic N) is 1. The molecule has 0 unspecified atom stereocenters. The second-order valence-electron chi connectivity index (χ2n) is 5.55. The molecule has 1 aromatic carbocycles. The van der Waals surface area contributed by atoms with Crippen molar-refractivity contribution in [1.82, 2.24) is 10.2 Å². The Hall–Kier alpha value is -1.26. The molecule has 0 amide bonds. The Morgan fingerprint density at radius 1 is 1.35 bits per heavy atom. The van der Waals surface area contributed by atoms with Gasteiger partial charge >= 0.3 is 0 Å². The number of aryl methyl sites for hydroxylation is 1. The van der Waals surface area contributed by atoms with Crippen molar-refractivity contribution in [3.63, 3.8) is 0 Å². The molecule has 0 bridgehead atoms. The van der Waals surface area contributed by atoms with Crippen LogP contribution in [0.1, 0.15) is 30.5 Å². The van der Waals surface area contributed by atoms with Crippen LogP contribution in [-0.2, 0) is 0 Å². The quantitative estimate of drug-likeness (QED) is 0.852. The molecule has 110 valence electrons. The van der Waals surface area contributed by atoms with Crippen molar-refractivity contribution in [3.8, 4) is 0 Å². The first-order valence-electron chi connectivity index (χ1n) is 7.04. The van der Waals surface area contributed by atoms with Gasteiger partial charge in [0.05, 0.1) is 0 Å². The van der Waals surface area contributed by atoms with Crippen molar-refractivity contribution >= 4 is 0 Å². The number of rotatable bonds is 4. The summed E-state index contributed by atoms with van der Waals surface area (Å²) in [6.45, 7) is 10.8. The van der Waals surface area contributed by atoms with Crippen LogP contribution in [0.2, 0.25) is 0 Å². The largest absolute Gasteiger partial charge is 0.314 e. The van der Waals surface area contributed by atoms with Gasteiger partial charge in [0.1, 0.15) is 11.6 Å². The minimum Gasteiger partial charge on any atom is -0.314 e. The van der Waals surface area contributed by atoms with Crippen LogP contribution >= 0.6 is 0 Å². The van der Waals surface area contributed by atoms with Gasteiger partial charge in [-0.2, -0.15) is 0 Å². The third kappa shape index (κ3) is 3.25. The molecule has 0 saturated carbocycles. The van der Waals surface area contributed by atoms with Gasteiger partial charge in [0.2, 0.25) is 0 Å². The van der Waals surface area contributed by atoms with E-state index >= 15 is 0 Å². The molecular weight excluding hydrogens is 258 g/mol. The highest BCUT2D eigenvalue weighted by molar-refractivity contribution is 5.30. The van der Waals surface area contributed by atoms with E-state index in [0.717, 1.165) is 31.8 Å². The first-order chi connectivity index (χ1) is 9.50. The van der Waals surface area contributed by atoms with Crippen LogP contribution in [0.25, 0.3) is 0 Å². The van der Waals surface area contributed by atoms with Crippen molar-refractivity contribution in [2.24, 2.45) is 0 Å². The lowest BCUT2D eigenvalue weighted by Crippen LogP contribution is -2.45. The lowest BCUT2D eigenvalue weighted by molar-refractivity contribution is 0.165. The van der Waals surface area contributed by atoms with Gasteiger partial charge in [-0.1, -0.05) is 11.6 Å². The van der Waals surface area contributed by atoms with Crippen molar-refractivity contribution in [2.75, 3.05) is 26.2 Å². The van der Waals surface area contributed by atoms with E-state index in [4.69, 9.17) is 0 Å². The van der Waals surface area contributed by atoms with E-state index in [0.29, 0.717) is 12.0 Å². The Morgan fingerprint density at radius 3 is 2.60 bits per heavy atom. The minimum atomic E-state index is -0.460. The number of halogens is 2. The standard InChI is InChI=1S/C16H22F2N2/c1-11(2)10-14(20-8-6-19-7-9-20)15-13(17)5-4-12(3)16(15)18/h4-5,14,19H,1,6-10H2,2-3H3/t14-/m0/s1. The second kappa shape index (κ2) is 6.46. The third-order valence-corrected chi connectivity index (χ3v) is 3.79. The zero-order chi connectivity index (χ0) is 14.7. The van der Waals surface area contributed by atoms with Crippen LogP contribution < -0.4 is 5.32 Å². The molecule has 1 aliphatic rings. The monoisotopic (exact) mass is 280 g/mol. The molecule has 0 spiro atoms. The average Bonchev–Trinajstić information content (AvgIpc) is 2.43. The van der Waals surface area contributed by atoms with Crippen molar-refractivity contribution in [1.29, 1.82) is 0 Å². The molecule has 0 aromatic heterocycles. The fraction of sp³-hybridized carbons (Fsp3) is 0.500. The number of nitrogens with one attached hydrogen (secondary N) is 1. The van der Waals surface area contributed by atoms with Crippen LogP contribution in [0, 0.1) is 18.6 Å². The molecule has 1 aromatic rings. The van der Waals surface area contributed by atoms with Gasteiger partial charge in [0, 0.05) is 37.8 Å². The van der Waals surface area contributed by atoms with E-state index in [-0.39, 0.29) is 11.6 Å². The first kappa shape index (κ1) is 15.1. The minimum absolute atomic E-state index is 0.190. The zero-order valence-corrected chi connectivity index (χ0v) is 12.2. The molecule has 1 atom stereocenters. The second-order valence-corrected chi connectivity index (χ2v) is 5.55. The lowest BCUT2D eigenvalue weighted by atomic mass is 9.95. The molecule has 1 saturated heterocycles. The number of hydrogen-bond donors (Lipinski definition) is 1. The van der Waals surface area contributed by atoms with Gasteiger partial charge < -0.3 is 5.32 Å². The molecule has 1 heterocycles. The Kier molecular flexibility index (Phi) is 4.89. The van der Waals surface area contributed by atoms with E-state index in [9.17, 15) is 8.78 Å². The molecule has 20 heavy (non-hydrogen) atoms. The molecule has 1 fully saturated rings. The SMILES string of the molecule is C=C(C)C[C@@H](c1c(F)ccc(C)c1F)N1CCNCC1. The number of hydrogen-bond acceptors (Lipinski definition) is 2. The van der Waals surface area contributed by atoms with E-state index in [2.05, 4.69) is 16.8 Å². The molecule has 1 N–H and O–H groups in total. The zero-order valence-electron chi connectivity index (χ0n) is 12.2. The smallest absolute Gasteiger partial charge is 0.133 e. The van der Waals surface area contributed by atoms with Gasteiger partial charge in [-0.15, -0.1) is 6.58 Å². The van der Waals surface area contributed by atoms with Crippen molar-refractivity contribution in [2.45, 2.75) is 26.3 Å². The molecule has 4 heteroatoms. The van der Waals surface area contributed by atoms with E-state index in [1.165, 1.54) is 12.1 Å². The van der Waals surface area contributed by atoms with Crippen molar-refractivity contribution < 1.29 is 8.78 Å². The van der Waals surface area contributed by atoms with Gasteiger partial charge in [-0.05, 0) is 31.9 Å². The summed E-state index contributed by atoms with van der Waals surface area (Å²) >= 11 is 0. The summed E-state index contributed by atoms with van der Waals surface area (Å²) in [5.74, 6) is -0.882. The lowest BCUT2D eigenvalue weighted by Gasteiger charge is -2.36. The third-order valence-electron chi connectivity index (χ3n) is 3.79. The average molecular weight is 280 g/mol. The highest BCUT2D eigenvalue weighted by Crippen LogP contribution is 2.32. The van der Waals surface area contributed by atoms with Crippen LogP contribution in [0.3, 0.4) is 0 Å². The number of piperazine rings is 1. The summed E-state index contributed by atoms with van der Waals surface area (Å²) in [5.41, 5.74) is 1.62. The van der Waals surface area contributed by atoms with Gasteiger partial charge in [0.15, 0.2) is 0 Å². The van der Waals surface area contributed by atoms with E-state index < -0.39 is 11.6 Å². The highest BCUT2D eigenvalue weighted by atomic mass is 19.1. The van der Waals surface area contributed by atoms with E-state index in [1.54, 1.807) is 6.92 Å². The van der Waals surface area contributed by atoms with Gasteiger partial charge in [-0.25, -0.2) is 8.78 Å². The maximum atomic E-state index is 14.4. The number of benzene rings is 1. The van der Waals surface area contributed by atoms with Crippen molar-refractivity contribution in [3.05, 3.63) is 47.0 Å². The Labute approximate surface area is 119 Å². The highest BCUT2D eigenvalue weighted by Gasteiger charge is 2.28. The summed E-state index contributed by atoms with van der Waals surface area (Å²) < 4.78 is 28.6. The van der Waals surface area contributed by atoms with Crippen LogP contribution in [-0.4, -0.2) is 31.1 Å². The molecule has 2 nitrogen and oxygen atoms in total. The maximum Gasteiger partial charge on any atom is 0.133 e. The van der Waals surface area contributed by atoms with Crippen LogP contribution in [0.5, 0.6) is 0 Å². The molecule has 2 rings (SSSR count). The predicted molar refractivity (Wildman–Crippen MR) is 77.7 cm³/mol. The summed E-state index contributed by atoms with van der Waals surface area (Å²) in [6, 6.07) is 2.58. The van der Waals surface area contributed by atoms with Crippen LogP contribution in [0.4, 0.5) is 8.78 Å². The van der Waals surface area contributed by atoms with Gasteiger partial charge in [-0.3, -0.25) is 4.90 Å². The van der Waals surface area contributed by atoms with E-state index in [1.807, 2.05) is 6.92 Å². The maximum absolute atomic E-state index is 14.4. The Morgan fingerprint density at radius 2 is 2.00 bits per heavy atom. The fourth-order valence-corrected chi connectivity index (χ4v) is 2.72. The first-order valence-corrected chi connectivity index (χ1v) is 7.04. The fourth-order valence-electron chi connectivity index (χ4n) is 2.72. The van der Waals surface area contributed by atoms with Gasteiger partial charge in [0.25, 0.3) is 0 Å². The normalized spacial score (nSPS) is 18.0. The topological polar surface area (TPSA) is 15.3 Å². The Bertz CT molecular complexity index is 493. The summed E-state index contributed by atoms with van der Waals surface area (Å²) in [7, 11) is 0. The molecule has 1 aliphatic heterocycles. The molecule has 0 radical (unpaired) electrons. The molecular formula is C16H22F2N2.